The van der Waals surface area contributed by atoms with Crippen LogP contribution < -0.4 is 5.32 Å². The van der Waals surface area contributed by atoms with Gasteiger partial charge in [0, 0.05) is 6.54 Å². The number of ether oxygens (including phenoxy) is 1. The highest BCUT2D eigenvalue weighted by molar-refractivity contribution is 5.90. The van der Waals surface area contributed by atoms with E-state index in [1.54, 1.807) is 0 Å². The van der Waals surface area contributed by atoms with Gasteiger partial charge in [0.1, 0.15) is 0 Å². The fourth-order valence-electron chi connectivity index (χ4n) is 2.13. The highest BCUT2D eigenvalue weighted by Crippen LogP contribution is 2.33. The summed E-state index contributed by atoms with van der Waals surface area (Å²) in [5.74, 6) is 0.736. The molecule has 0 radical (unpaired) electrons. The summed E-state index contributed by atoms with van der Waals surface area (Å²) in [4.78, 5) is 11.6. The Morgan fingerprint density at radius 1 is 1.39 bits per heavy atom. The number of carbonyl (C=O) groups excluding carboxylic acids is 1. The Hall–Kier alpha value is -1.35. The molecule has 1 aliphatic carbocycles. The molecule has 3 heteroatoms. The predicted molar refractivity (Wildman–Crippen MR) is 71.4 cm³/mol. The first-order valence-corrected chi connectivity index (χ1v) is 6.68. The van der Waals surface area contributed by atoms with Gasteiger partial charge in [0.2, 0.25) is 0 Å². The van der Waals surface area contributed by atoms with E-state index in [2.05, 4.69) is 5.32 Å². The zero-order valence-corrected chi connectivity index (χ0v) is 10.9. The van der Waals surface area contributed by atoms with E-state index in [0.717, 1.165) is 24.6 Å². The van der Waals surface area contributed by atoms with Crippen molar-refractivity contribution in [1.82, 2.24) is 5.32 Å². The number of carbonyl (C=O) groups is 1. The molecule has 0 saturated heterocycles. The fraction of sp³-hybridized carbons (Fsp3) is 0.533. The summed E-state index contributed by atoms with van der Waals surface area (Å²) in [6.45, 7) is 1.75. The van der Waals surface area contributed by atoms with E-state index in [1.165, 1.54) is 32.8 Å². The van der Waals surface area contributed by atoms with Gasteiger partial charge in [-0.15, -0.1) is 0 Å². The second kappa shape index (κ2) is 6.55. The largest absolute Gasteiger partial charge is 0.465 e. The molecule has 0 aromatic heterocycles. The minimum atomic E-state index is -0.259. The molecule has 0 amide bonds. The van der Waals surface area contributed by atoms with Crippen LogP contribution in [-0.2, 0) is 11.3 Å². The van der Waals surface area contributed by atoms with Crippen LogP contribution >= 0.6 is 0 Å². The number of hydrogen-bond acceptors (Lipinski definition) is 3. The van der Waals surface area contributed by atoms with Gasteiger partial charge < -0.3 is 10.1 Å². The van der Waals surface area contributed by atoms with Gasteiger partial charge in [0.15, 0.2) is 0 Å². The molecule has 0 spiro atoms. The van der Waals surface area contributed by atoms with Gasteiger partial charge in [0.05, 0.1) is 12.7 Å². The van der Waals surface area contributed by atoms with E-state index in [1.807, 2.05) is 24.3 Å². The predicted octanol–water partition coefficient (Wildman–Crippen LogP) is 2.75. The Morgan fingerprint density at radius 2 is 2.17 bits per heavy atom. The molecule has 1 aliphatic rings. The molecule has 0 heterocycles. The van der Waals surface area contributed by atoms with Crippen LogP contribution in [0.4, 0.5) is 0 Å². The van der Waals surface area contributed by atoms with E-state index < -0.39 is 0 Å². The van der Waals surface area contributed by atoms with Crippen LogP contribution in [0.5, 0.6) is 0 Å². The topological polar surface area (TPSA) is 38.3 Å². The van der Waals surface area contributed by atoms with Gasteiger partial charge in [0.25, 0.3) is 0 Å². The maximum atomic E-state index is 11.6. The fourth-order valence-corrected chi connectivity index (χ4v) is 2.13. The number of esters is 1. The molecule has 1 aromatic carbocycles. The molecule has 18 heavy (non-hydrogen) atoms. The molecule has 1 aromatic rings. The van der Waals surface area contributed by atoms with Crippen molar-refractivity contribution in [2.24, 2.45) is 5.92 Å². The first kappa shape index (κ1) is 13.1. The lowest BCUT2D eigenvalue weighted by Gasteiger charge is -2.09. The van der Waals surface area contributed by atoms with Gasteiger partial charge in [-0.05, 0) is 36.9 Å². The van der Waals surface area contributed by atoms with Crippen LogP contribution in [-0.4, -0.2) is 19.6 Å². The van der Waals surface area contributed by atoms with Gasteiger partial charge in [-0.1, -0.05) is 31.0 Å². The minimum absolute atomic E-state index is 0.259. The average molecular weight is 247 g/mol. The lowest BCUT2D eigenvalue weighted by molar-refractivity contribution is 0.0599. The van der Waals surface area contributed by atoms with Crippen molar-refractivity contribution in [3.05, 3.63) is 35.4 Å². The first-order chi connectivity index (χ1) is 8.81. The third-order valence-electron chi connectivity index (χ3n) is 3.40. The molecule has 0 atom stereocenters. The standard InChI is InChI=1S/C15H21NO2/c1-18-15(17)14-7-3-2-6-13(14)11-16-10-4-5-12-8-9-12/h2-3,6-7,12,16H,4-5,8-11H2,1H3. The summed E-state index contributed by atoms with van der Waals surface area (Å²) < 4.78 is 4.78. The van der Waals surface area contributed by atoms with Crippen molar-refractivity contribution in [3.63, 3.8) is 0 Å². The number of rotatable bonds is 7. The molecule has 3 nitrogen and oxygen atoms in total. The first-order valence-electron chi connectivity index (χ1n) is 6.68. The molecule has 1 N–H and O–H groups in total. The monoisotopic (exact) mass is 247 g/mol. The Morgan fingerprint density at radius 3 is 2.89 bits per heavy atom. The van der Waals surface area contributed by atoms with Crippen LogP contribution in [0.15, 0.2) is 24.3 Å². The zero-order chi connectivity index (χ0) is 12.8. The molecule has 0 unspecified atom stereocenters. The third kappa shape index (κ3) is 3.84. The smallest absolute Gasteiger partial charge is 0.338 e. The van der Waals surface area contributed by atoms with E-state index in [9.17, 15) is 4.79 Å². The number of hydrogen-bond donors (Lipinski definition) is 1. The lowest BCUT2D eigenvalue weighted by atomic mass is 10.1. The summed E-state index contributed by atoms with van der Waals surface area (Å²) in [7, 11) is 1.42. The minimum Gasteiger partial charge on any atom is -0.465 e. The molecule has 98 valence electrons. The maximum Gasteiger partial charge on any atom is 0.338 e. The maximum absolute atomic E-state index is 11.6. The normalized spacial score (nSPS) is 14.5. The van der Waals surface area contributed by atoms with Crippen LogP contribution in [0.1, 0.15) is 41.6 Å². The van der Waals surface area contributed by atoms with Crippen molar-refractivity contribution < 1.29 is 9.53 Å². The Bertz CT molecular complexity index is 399. The van der Waals surface area contributed by atoms with Gasteiger partial charge in [-0.3, -0.25) is 0 Å². The van der Waals surface area contributed by atoms with Crippen molar-refractivity contribution in [3.8, 4) is 0 Å². The summed E-state index contributed by atoms with van der Waals surface area (Å²) in [6.07, 6.45) is 5.41. The number of nitrogens with one attached hydrogen (secondary N) is 1. The molecular formula is C15H21NO2. The SMILES string of the molecule is COC(=O)c1ccccc1CNCCCC1CC1. The van der Waals surface area contributed by atoms with E-state index >= 15 is 0 Å². The van der Waals surface area contributed by atoms with Crippen molar-refractivity contribution >= 4 is 5.97 Å². The molecule has 0 bridgehead atoms. The van der Waals surface area contributed by atoms with Crippen LogP contribution in [0.3, 0.4) is 0 Å². The zero-order valence-electron chi connectivity index (χ0n) is 10.9. The number of methoxy groups -OCH3 is 1. The highest BCUT2D eigenvalue weighted by Gasteiger charge is 2.19. The quantitative estimate of drug-likeness (QED) is 0.595. The van der Waals surface area contributed by atoms with Crippen molar-refractivity contribution in [2.75, 3.05) is 13.7 Å². The van der Waals surface area contributed by atoms with Crippen molar-refractivity contribution in [1.29, 1.82) is 0 Å². The van der Waals surface area contributed by atoms with Crippen LogP contribution in [0.25, 0.3) is 0 Å². The second-order valence-corrected chi connectivity index (χ2v) is 4.91. The van der Waals surface area contributed by atoms with E-state index in [-0.39, 0.29) is 5.97 Å². The van der Waals surface area contributed by atoms with Crippen molar-refractivity contribution in [2.45, 2.75) is 32.2 Å². The summed E-state index contributed by atoms with van der Waals surface area (Å²) in [6, 6.07) is 7.60. The van der Waals surface area contributed by atoms with Gasteiger partial charge in [-0.2, -0.15) is 0 Å². The van der Waals surface area contributed by atoms with Crippen LogP contribution in [0, 0.1) is 5.92 Å². The Labute approximate surface area is 109 Å². The Balaban J connectivity index is 1.78. The molecule has 2 rings (SSSR count). The second-order valence-electron chi connectivity index (χ2n) is 4.91. The average Bonchev–Trinajstić information content (AvgIpc) is 3.22. The highest BCUT2D eigenvalue weighted by atomic mass is 16.5. The molecule has 0 aliphatic heterocycles. The summed E-state index contributed by atoms with van der Waals surface area (Å²) in [5.41, 5.74) is 1.67. The molecule has 1 saturated carbocycles. The lowest BCUT2D eigenvalue weighted by Crippen LogP contribution is -2.17. The van der Waals surface area contributed by atoms with Gasteiger partial charge >= 0.3 is 5.97 Å². The van der Waals surface area contributed by atoms with Gasteiger partial charge in [-0.25, -0.2) is 4.79 Å². The van der Waals surface area contributed by atoms with E-state index in [0.29, 0.717) is 5.56 Å². The van der Waals surface area contributed by atoms with E-state index in [4.69, 9.17) is 4.74 Å². The van der Waals surface area contributed by atoms with Crippen LogP contribution in [0.2, 0.25) is 0 Å². The number of benzene rings is 1. The molecular weight excluding hydrogens is 226 g/mol. The summed E-state index contributed by atoms with van der Waals surface area (Å²) >= 11 is 0. The third-order valence-corrected chi connectivity index (χ3v) is 3.40. The Kier molecular flexibility index (Phi) is 4.76. The molecule has 1 fully saturated rings. The summed E-state index contributed by atoms with van der Waals surface area (Å²) in [5, 5.41) is 3.40.